The lowest BCUT2D eigenvalue weighted by atomic mass is 9.97. The first kappa shape index (κ1) is 15.0. The molecule has 0 bridgehead atoms. The van der Waals surface area contributed by atoms with Crippen molar-refractivity contribution in [2.45, 2.75) is 39.3 Å². The van der Waals surface area contributed by atoms with Crippen molar-refractivity contribution in [1.82, 2.24) is 19.5 Å². The van der Waals surface area contributed by atoms with E-state index in [9.17, 15) is 4.79 Å². The molecule has 0 aliphatic carbocycles. The summed E-state index contributed by atoms with van der Waals surface area (Å²) in [6, 6.07) is 4.30. The van der Waals surface area contributed by atoms with Crippen LogP contribution in [0.5, 0.6) is 0 Å². The zero-order valence-electron chi connectivity index (χ0n) is 13.2. The highest BCUT2D eigenvalue weighted by Gasteiger charge is 2.27. The van der Waals surface area contributed by atoms with E-state index in [1.807, 2.05) is 18.3 Å². The lowest BCUT2D eigenvalue weighted by molar-refractivity contribution is 0.171. The third-order valence-electron chi connectivity index (χ3n) is 4.36. The van der Waals surface area contributed by atoms with Gasteiger partial charge in [0, 0.05) is 30.1 Å². The van der Waals surface area contributed by atoms with E-state index >= 15 is 0 Å². The summed E-state index contributed by atoms with van der Waals surface area (Å²) in [6.07, 6.45) is 2.16. The van der Waals surface area contributed by atoms with Crippen molar-refractivity contribution in [2.24, 2.45) is 0 Å². The quantitative estimate of drug-likeness (QED) is 0.731. The second-order valence-corrected chi connectivity index (χ2v) is 8.01. The summed E-state index contributed by atoms with van der Waals surface area (Å²) in [5.74, 6) is 0. The van der Waals surface area contributed by atoms with Crippen LogP contribution < -0.4 is 5.56 Å². The molecule has 23 heavy (non-hydrogen) atoms. The predicted octanol–water partition coefficient (Wildman–Crippen LogP) is 3.03. The van der Waals surface area contributed by atoms with Gasteiger partial charge in [-0.15, -0.1) is 11.3 Å². The maximum atomic E-state index is 12.2. The van der Waals surface area contributed by atoms with E-state index in [1.165, 1.54) is 26.3 Å². The normalized spacial score (nSPS) is 18.4. The number of fused-ring (bicyclic) bond motifs is 2. The fraction of sp³-hybridized carbons (Fsp3) is 0.438. The van der Waals surface area contributed by atoms with Crippen LogP contribution in [0.1, 0.15) is 40.5 Å². The summed E-state index contributed by atoms with van der Waals surface area (Å²) in [5.41, 5.74) is 2.21. The molecule has 0 radical (unpaired) electrons. The van der Waals surface area contributed by atoms with Gasteiger partial charge in [0.25, 0.3) is 5.56 Å². The molecule has 4 heterocycles. The molecule has 0 saturated heterocycles. The highest BCUT2D eigenvalue weighted by atomic mass is 32.1. The molecule has 120 valence electrons. The summed E-state index contributed by atoms with van der Waals surface area (Å²) in [4.78, 5) is 21.5. The summed E-state index contributed by atoms with van der Waals surface area (Å²) in [6.45, 7) is 5.86. The highest BCUT2D eigenvalue weighted by molar-refractivity contribution is 7.16. The highest BCUT2D eigenvalue weighted by Crippen LogP contribution is 2.35. The molecule has 1 unspecified atom stereocenters. The standard InChI is InChI=1S/C16H18N4OS2/c1-3-13-12-5-7-22-14(12)4-6-19(13)9-11-8-15(21)20-16(17-11)23-10(2)18-20/h5,7-8,13H,3-4,6,9H2,1-2H3. The monoisotopic (exact) mass is 346 g/mol. The van der Waals surface area contributed by atoms with Crippen LogP contribution >= 0.6 is 22.7 Å². The summed E-state index contributed by atoms with van der Waals surface area (Å²) >= 11 is 3.32. The number of hydrogen-bond acceptors (Lipinski definition) is 6. The maximum Gasteiger partial charge on any atom is 0.275 e. The lowest BCUT2D eigenvalue weighted by Crippen LogP contribution is -2.34. The fourth-order valence-electron chi connectivity index (χ4n) is 3.36. The van der Waals surface area contributed by atoms with E-state index in [4.69, 9.17) is 0 Å². The number of nitrogens with zero attached hydrogens (tertiary/aromatic N) is 4. The smallest absolute Gasteiger partial charge is 0.275 e. The Kier molecular flexibility index (Phi) is 3.79. The summed E-state index contributed by atoms with van der Waals surface area (Å²) in [5, 5.41) is 7.25. The van der Waals surface area contributed by atoms with Crippen molar-refractivity contribution >= 4 is 27.6 Å². The minimum absolute atomic E-state index is 0.0874. The molecule has 0 saturated carbocycles. The molecule has 5 nitrogen and oxygen atoms in total. The first-order valence-corrected chi connectivity index (χ1v) is 9.52. The van der Waals surface area contributed by atoms with Crippen molar-refractivity contribution in [2.75, 3.05) is 6.54 Å². The van der Waals surface area contributed by atoms with Crippen molar-refractivity contribution in [3.05, 3.63) is 49.0 Å². The van der Waals surface area contributed by atoms with Crippen molar-refractivity contribution < 1.29 is 0 Å². The van der Waals surface area contributed by atoms with Gasteiger partial charge in [0.1, 0.15) is 5.01 Å². The second-order valence-electron chi connectivity index (χ2n) is 5.84. The Labute approximate surface area is 142 Å². The molecule has 0 amide bonds. The minimum Gasteiger partial charge on any atom is -0.290 e. The van der Waals surface area contributed by atoms with Crippen LogP contribution in [0.3, 0.4) is 0 Å². The molecule has 0 aromatic carbocycles. The van der Waals surface area contributed by atoms with Crippen molar-refractivity contribution in [1.29, 1.82) is 0 Å². The Morgan fingerprint density at radius 1 is 1.43 bits per heavy atom. The van der Waals surface area contributed by atoms with Gasteiger partial charge in [-0.05, 0) is 36.8 Å². The molecular weight excluding hydrogens is 328 g/mol. The minimum atomic E-state index is -0.0874. The van der Waals surface area contributed by atoms with Gasteiger partial charge < -0.3 is 0 Å². The Balaban J connectivity index is 1.66. The van der Waals surface area contributed by atoms with Gasteiger partial charge in [-0.25, -0.2) is 4.98 Å². The van der Waals surface area contributed by atoms with Crippen LogP contribution in [0.15, 0.2) is 22.3 Å². The molecular formula is C16H18N4OS2. The number of aromatic nitrogens is 3. The molecule has 4 rings (SSSR count). The number of rotatable bonds is 3. The van der Waals surface area contributed by atoms with Crippen LogP contribution in [-0.4, -0.2) is 26.0 Å². The van der Waals surface area contributed by atoms with Gasteiger partial charge in [0.15, 0.2) is 0 Å². The molecule has 1 atom stereocenters. The topological polar surface area (TPSA) is 50.5 Å². The van der Waals surface area contributed by atoms with Gasteiger partial charge in [-0.3, -0.25) is 9.69 Å². The van der Waals surface area contributed by atoms with Crippen molar-refractivity contribution in [3.8, 4) is 0 Å². The molecule has 3 aromatic heterocycles. The maximum absolute atomic E-state index is 12.2. The van der Waals surface area contributed by atoms with E-state index in [0.717, 1.165) is 36.6 Å². The first-order valence-electron chi connectivity index (χ1n) is 7.82. The molecule has 0 N–H and O–H groups in total. The molecule has 0 fully saturated rings. The Morgan fingerprint density at radius 3 is 3.13 bits per heavy atom. The van der Waals surface area contributed by atoms with Gasteiger partial charge in [0.2, 0.25) is 4.96 Å². The van der Waals surface area contributed by atoms with Gasteiger partial charge in [0.05, 0.1) is 5.69 Å². The second kappa shape index (κ2) is 5.81. The van der Waals surface area contributed by atoms with E-state index in [2.05, 4.69) is 33.4 Å². The van der Waals surface area contributed by atoms with Crippen molar-refractivity contribution in [3.63, 3.8) is 0 Å². The largest absolute Gasteiger partial charge is 0.290 e. The number of aryl methyl sites for hydroxylation is 1. The number of thiophene rings is 1. The van der Waals surface area contributed by atoms with Crippen LogP contribution in [0.2, 0.25) is 0 Å². The Bertz CT molecular complexity index is 910. The molecule has 7 heteroatoms. The number of hydrogen-bond donors (Lipinski definition) is 0. The molecule has 0 spiro atoms. The van der Waals surface area contributed by atoms with Crippen LogP contribution in [0, 0.1) is 6.92 Å². The fourth-order valence-corrected chi connectivity index (χ4v) is 5.05. The summed E-state index contributed by atoms with van der Waals surface area (Å²) in [7, 11) is 0. The zero-order valence-corrected chi connectivity index (χ0v) is 14.8. The third kappa shape index (κ3) is 2.62. The third-order valence-corrected chi connectivity index (χ3v) is 6.18. The molecule has 3 aromatic rings. The van der Waals surface area contributed by atoms with Gasteiger partial charge >= 0.3 is 0 Å². The Hall–Kier alpha value is -1.57. The molecule has 1 aliphatic rings. The van der Waals surface area contributed by atoms with E-state index in [-0.39, 0.29) is 5.56 Å². The lowest BCUT2D eigenvalue weighted by Gasteiger charge is -2.35. The average Bonchev–Trinajstić information content (AvgIpc) is 3.13. The van der Waals surface area contributed by atoms with Crippen LogP contribution in [-0.2, 0) is 13.0 Å². The van der Waals surface area contributed by atoms with E-state index < -0.39 is 0 Å². The predicted molar refractivity (Wildman–Crippen MR) is 93.3 cm³/mol. The Morgan fingerprint density at radius 2 is 2.30 bits per heavy atom. The van der Waals surface area contributed by atoms with E-state index in [1.54, 1.807) is 6.07 Å². The van der Waals surface area contributed by atoms with Crippen LogP contribution in [0.4, 0.5) is 0 Å². The average molecular weight is 346 g/mol. The first-order chi connectivity index (χ1) is 11.2. The van der Waals surface area contributed by atoms with Gasteiger partial charge in [-0.2, -0.15) is 9.61 Å². The van der Waals surface area contributed by atoms with E-state index in [0.29, 0.717) is 11.0 Å². The molecule has 1 aliphatic heterocycles. The SMILES string of the molecule is CCC1c2ccsc2CCN1Cc1cc(=O)n2nc(C)sc2n1. The van der Waals surface area contributed by atoms with Crippen LogP contribution in [0.25, 0.3) is 4.96 Å². The van der Waals surface area contributed by atoms with Gasteiger partial charge in [-0.1, -0.05) is 18.3 Å². The summed E-state index contributed by atoms with van der Waals surface area (Å²) < 4.78 is 1.40. The zero-order chi connectivity index (χ0) is 16.0.